The van der Waals surface area contributed by atoms with Crippen molar-refractivity contribution in [3.05, 3.63) is 40.2 Å². The van der Waals surface area contributed by atoms with E-state index < -0.39 is 0 Å². The molecule has 0 saturated heterocycles. The molecule has 1 aromatic heterocycles. The second-order valence-electron chi connectivity index (χ2n) is 6.32. The van der Waals surface area contributed by atoms with Crippen LogP contribution in [0.2, 0.25) is 5.02 Å². The summed E-state index contributed by atoms with van der Waals surface area (Å²) in [6.07, 6.45) is 8.23. The number of aromatic nitrogens is 1. The zero-order valence-electron chi connectivity index (χ0n) is 15.4. The highest BCUT2D eigenvalue weighted by Crippen LogP contribution is 2.28. The molecule has 0 amide bonds. The molecule has 25 heavy (non-hydrogen) atoms. The van der Waals surface area contributed by atoms with Gasteiger partial charge in [0, 0.05) is 11.6 Å². The summed E-state index contributed by atoms with van der Waals surface area (Å²) < 4.78 is 16.1. The van der Waals surface area contributed by atoms with Crippen molar-refractivity contribution in [1.29, 1.82) is 0 Å². The van der Waals surface area contributed by atoms with Crippen molar-refractivity contribution < 1.29 is 14.0 Å². The summed E-state index contributed by atoms with van der Waals surface area (Å²) in [5.74, 6) is 2.43. The van der Waals surface area contributed by atoms with Gasteiger partial charge < -0.3 is 14.0 Å². The fourth-order valence-electron chi connectivity index (χ4n) is 2.88. The molecule has 2 rings (SSSR count). The maximum Gasteiger partial charge on any atom is 0.138 e. The van der Waals surface area contributed by atoms with Gasteiger partial charge in [-0.25, -0.2) is 0 Å². The van der Waals surface area contributed by atoms with Gasteiger partial charge in [0.2, 0.25) is 0 Å². The summed E-state index contributed by atoms with van der Waals surface area (Å²) in [5, 5.41) is 4.60. The van der Waals surface area contributed by atoms with E-state index in [1.807, 2.05) is 26.0 Å². The number of aryl methyl sites for hydroxylation is 2. The van der Waals surface area contributed by atoms with E-state index in [1.165, 1.54) is 37.7 Å². The molecule has 4 nitrogen and oxygen atoms in total. The Kier molecular flexibility index (Phi) is 8.13. The van der Waals surface area contributed by atoms with Gasteiger partial charge in [-0.1, -0.05) is 42.4 Å². The molecule has 1 aromatic carbocycles. The van der Waals surface area contributed by atoms with Crippen LogP contribution in [0.25, 0.3) is 0 Å². The van der Waals surface area contributed by atoms with Crippen molar-refractivity contribution in [2.45, 2.75) is 58.8 Å². The molecule has 138 valence electrons. The van der Waals surface area contributed by atoms with E-state index in [1.54, 1.807) is 13.2 Å². The molecule has 0 unspecified atom stereocenters. The summed E-state index contributed by atoms with van der Waals surface area (Å²) in [7, 11) is 1.63. The van der Waals surface area contributed by atoms with Gasteiger partial charge in [0.15, 0.2) is 0 Å². The van der Waals surface area contributed by atoms with Crippen molar-refractivity contribution >= 4 is 11.6 Å². The van der Waals surface area contributed by atoms with E-state index in [0.717, 1.165) is 35.8 Å². The quantitative estimate of drug-likeness (QED) is 0.464. The Hall–Kier alpha value is -1.68. The first kappa shape index (κ1) is 19.6. The van der Waals surface area contributed by atoms with Crippen LogP contribution in [0.3, 0.4) is 0 Å². The van der Waals surface area contributed by atoms with E-state index in [-0.39, 0.29) is 0 Å². The average molecular weight is 366 g/mol. The molecule has 0 N–H and O–H groups in total. The molecule has 0 radical (unpaired) electrons. The minimum atomic E-state index is 0.596. The molecule has 0 spiro atoms. The molecular weight excluding hydrogens is 338 g/mol. The molecule has 5 heteroatoms. The first-order valence-corrected chi connectivity index (χ1v) is 9.37. The van der Waals surface area contributed by atoms with Crippen LogP contribution in [0.15, 0.2) is 22.7 Å². The average Bonchev–Trinajstić information content (AvgIpc) is 2.93. The lowest BCUT2D eigenvalue weighted by Gasteiger charge is -2.09. The summed E-state index contributed by atoms with van der Waals surface area (Å²) in [6.45, 7) is 4.70. The zero-order valence-corrected chi connectivity index (χ0v) is 16.2. The molecule has 1 heterocycles. The Labute approximate surface area is 155 Å². The number of halogens is 1. The lowest BCUT2D eigenvalue weighted by molar-refractivity contribution is 0.304. The van der Waals surface area contributed by atoms with Crippen LogP contribution >= 0.6 is 11.6 Å². The third-order valence-electron chi connectivity index (χ3n) is 4.40. The van der Waals surface area contributed by atoms with Crippen LogP contribution in [0.5, 0.6) is 11.5 Å². The highest BCUT2D eigenvalue weighted by Gasteiger charge is 2.07. The highest BCUT2D eigenvalue weighted by atomic mass is 35.5. The third kappa shape index (κ3) is 6.28. The topological polar surface area (TPSA) is 44.5 Å². The lowest BCUT2D eigenvalue weighted by Crippen LogP contribution is -1.98. The Bertz CT molecular complexity index is 635. The van der Waals surface area contributed by atoms with E-state index >= 15 is 0 Å². The fraction of sp³-hybridized carbons (Fsp3) is 0.550. The maximum absolute atomic E-state index is 6.15. The van der Waals surface area contributed by atoms with Crippen molar-refractivity contribution in [3.8, 4) is 11.5 Å². The van der Waals surface area contributed by atoms with Gasteiger partial charge in [-0.3, -0.25) is 0 Å². The number of unbranched alkanes of at least 4 members (excludes halogenated alkanes) is 5. The molecule has 2 aromatic rings. The van der Waals surface area contributed by atoms with Crippen LogP contribution in [-0.4, -0.2) is 18.9 Å². The van der Waals surface area contributed by atoms with E-state index in [2.05, 4.69) is 5.16 Å². The number of benzene rings is 1. The Morgan fingerprint density at radius 2 is 1.76 bits per heavy atom. The predicted octanol–water partition coefficient (Wildman–Crippen LogP) is 5.92. The molecule has 0 atom stereocenters. The van der Waals surface area contributed by atoms with Gasteiger partial charge in [-0.05, 0) is 45.2 Å². The molecule has 0 saturated carbocycles. The van der Waals surface area contributed by atoms with Crippen LogP contribution in [0.4, 0.5) is 0 Å². The second kappa shape index (κ2) is 10.3. The van der Waals surface area contributed by atoms with Gasteiger partial charge in [0.05, 0.1) is 24.4 Å². The minimum Gasteiger partial charge on any atom is -0.497 e. The van der Waals surface area contributed by atoms with Crippen molar-refractivity contribution in [3.63, 3.8) is 0 Å². The summed E-state index contributed by atoms with van der Waals surface area (Å²) in [6, 6.07) is 5.49. The first-order valence-electron chi connectivity index (χ1n) is 9.00. The normalized spacial score (nSPS) is 10.9. The van der Waals surface area contributed by atoms with Gasteiger partial charge in [0.1, 0.15) is 17.3 Å². The number of hydrogen-bond donors (Lipinski definition) is 0. The van der Waals surface area contributed by atoms with Crippen LogP contribution in [-0.2, 0) is 6.42 Å². The van der Waals surface area contributed by atoms with Gasteiger partial charge in [-0.2, -0.15) is 0 Å². The number of methoxy groups -OCH3 is 1. The second-order valence-corrected chi connectivity index (χ2v) is 6.73. The summed E-state index contributed by atoms with van der Waals surface area (Å²) in [5.41, 5.74) is 2.32. The fourth-order valence-corrected chi connectivity index (χ4v) is 3.10. The van der Waals surface area contributed by atoms with Crippen molar-refractivity contribution in [2.24, 2.45) is 0 Å². The predicted molar refractivity (Wildman–Crippen MR) is 101 cm³/mol. The maximum atomic E-state index is 6.15. The first-order chi connectivity index (χ1) is 12.1. The minimum absolute atomic E-state index is 0.596. The zero-order chi connectivity index (χ0) is 18.1. The molecule has 0 aliphatic carbocycles. The van der Waals surface area contributed by atoms with Gasteiger partial charge in [-0.15, -0.1) is 0 Å². The molecule has 0 aliphatic heterocycles. The summed E-state index contributed by atoms with van der Waals surface area (Å²) in [4.78, 5) is 0. The molecule has 0 aliphatic rings. The van der Waals surface area contributed by atoms with Gasteiger partial charge >= 0.3 is 0 Å². The van der Waals surface area contributed by atoms with Crippen LogP contribution in [0, 0.1) is 13.8 Å². The number of hydrogen-bond acceptors (Lipinski definition) is 4. The lowest BCUT2D eigenvalue weighted by atomic mass is 10.0. The highest BCUT2D eigenvalue weighted by molar-refractivity contribution is 6.32. The molecule has 0 bridgehead atoms. The Balaban J connectivity index is 1.51. The van der Waals surface area contributed by atoms with Crippen LogP contribution in [0.1, 0.15) is 55.5 Å². The number of ether oxygens (including phenoxy) is 2. The molecule has 0 fully saturated rings. The molecular formula is C20H28ClNO3. The smallest absolute Gasteiger partial charge is 0.138 e. The van der Waals surface area contributed by atoms with Gasteiger partial charge in [0.25, 0.3) is 0 Å². The van der Waals surface area contributed by atoms with E-state index in [4.69, 9.17) is 25.6 Å². The van der Waals surface area contributed by atoms with Crippen molar-refractivity contribution in [2.75, 3.05) is 13.7 Å². The Morgan fingerprint density at radius 3 is 2.40 bits per heavy atom. The van der Waals surface area contributed by atoms with E-state index in [0.29, 0.717) is 11.6 Å². The largest absolute Gasteiger partial charge is 0.497 e. The summed E-state index contributed by atoms with van der Waals surface area (Å²) >= 11 is 6.15. The number of nitrogens with zero attached hydrogens (tertiary/aromatic N) is 1. The SMILES string of the molecule is COc1ccc(OCCCCCCCCc2c(C)noc2C)c(Cl)c1. The van der Waals surface area contributed by atoms with Crippen molar-refractivity contribution in [1.82, 2.24) is 5.16 Å². The van der Waals surface area contributed by atoms with E-state index in [9.17, 15) is 0 Å². The monoisotopic (exact) mass is 365 g/mol. The third-order valence-corrected chi connectivity index (χ3v) is 4.69. The Morgan fingerprint density at radius 1 is 1.04 bits per heavy atom. The number of rotatable bonds is 11. The standard InChI is InChI=1S/C20H28ClNO3/c1-15-18(16(2)25-22-15)10-8-6-4-5-7-9-13-24-20-12-11-17(23-3)14-19(20)21/h11-12,14H,4-10,13H2,1-3H3. The van der Waals surface area contributed by atoms with Crippen LogP contribution < -0.4 is 9.47 Å².